The van der Waals surface area contributed by atoms with Crippen LogP contribution in [0.25, 0.3) is 0 Å². The summed E-state index contributed by atoms with van der Waals surface area (Å²) in [6.07, 6.45) is 7.55. The Morgan fingerprint density at radius 1 is 1.59 bits per heavy atom. The van der Waals surface area contributed by atoms with E-state index in [4.69, 9.17) is 10.5 Å². The van der Waals surface area contributed by atoms with Gasteiger partial charge < -0.3 is 10.5 Å². The predicted molar refractivity (Wildman–Crippen MR) is 73.5 cm³/mol. The Hall–Kier alpha value is -0.380. The molecule has 2 N–H and O–H groups in total. The number of ether oxygens (including phenoxy) is 1. The molecule has 2 atom stereocenters. The monoisotopic (exact) mass is 253 g/mol. The predicted octanol–water partition coefficient (Wildman–Crippen LogP) is 3.66. The van der Waals surface area contributed by atoms with Gasteiger partial charge in [-0.3, -0.25) is 0 Å². The third-order valence-corrected chi connectivity index (χ3v) is 4.65. The van der Waals surface area contributed by atoms with Crippen LogP contribution >= 0.6 is 11.3 Å². The molecule has 17 heavy (non-hydrogen) atoms. The minimum absolute atomic E-state index is 0.228. The van der Waals surface area contributed by atoms with Gasteiger partial charge in [0.15, 0.2) is 0 Å². The summed E-state index contributed by atoms with van der Waals surface area (Å²) in [5.74, 6) is 0. The molecule has 1 aliphatic heterocycles. The molecule has 0 aromatic carbocycles. The molecule has 0 radical (unpaired) electrons. The average Bonchev–Trinajstić information content (AvgIpc) is 2.99. The zero-order valence-electron chi connectivity index (χ0n) is 10.7. The van der Waals surface area contributed by atoms with Crippen LogP contribution in [0.5, 0.6) is 0 Å². The van der Waals surface area contributed by atoms with Crippen molar-refractivity contribution < 1.29 is 4.74 Å². The minimum atomic E-state index is 0.228. The number of nitrogens with two attached hydrogens (primary N) is 1. The first-order chi connectivity index (χ1) is 8.31. The fourth-order valence-corrected chi connectivity index (χ4v) is 3.57. The normalized spacial score (nSPS) is 21.9. The Morgan fingerprint density at radius 3 is 3.18 bits per heavy atom. The summed E-state index contributed by atoms with van der Waals surface area (Å²) in [5.41, 5.74) is 7.70. The highest BCUT2D eigenvalue weighted by atomic mass is 32.1. The van der Waals surface area contributed by atoms with Crippen molar-refractivity contribution in [2.45, 2.75) is 57.6 Å². The Bertz CT molecular complexity index is 331. The topological polar surface area (TPSA) is 35.2 Å². The maximum atomic E-state index is 6.27. The minimum Gasteiger partial charge on any atom is -0.378 e. The summed E-state index contributed by atoms with van der Waals surface area (Å²) in [6, 6.07) is 2.44. The van der Waals surface area contributed by atoms with Crippen LogP contribution in [0, 0.1) is 0 Å². The van der Waals surface area contributed by atoms with E-state index in [0.717, 1.165) is 19.4 Å². The van der Waals surface area contributed by atoms with Crippen LogP contribution < -0.4 is 5.73 Å². The number of hydrogen-bond donors (Lipinski definition) is 1. The van der Waals surface area contributed by atoms with Crippen LogP contribution in [0.2, 0.25) is 0 Å². The van der Waals surface area contributed by atoms with Crippen LogP contribution in [0.4, 0.5) is 0 Å². The third kappa shape index (κ3) is 3.54. The Kier molecular flexibility index (Phi) is 5.01. The second-order valence-corrected chi connectivity index (χ2v) is 5.78. The van der Waals surface area contributed by atoms with Crippen molar-refractivity contribution in [3.63, 3.8) is 0 Å². The van der Waals surface area contributed by atoms with E-state index in [-0.39, 0.29) is 6.04 Å². The lowest BCUT2D eigenvalue weighted by Crippen LogP contribution is -2.12. The van der Waals surface area contributed by atoms with Crippen LogP contribution in [-0.4, -0.2) is 12.7 Å². The third-order valence-electron chi connectivity index (χ3n) is 3.56. The lowest BCUT2D eigenvalue weighted by molar-refractivity contribution is 0.101. The number of rotatable bonds is 6. The summed E-state index contributed by atoms with van der Waals surface area (Å²) in [5, 5.41) is 2.16. The molecular formula is C14H23NOS. The molecule has 0 amide bonds. The quantitative estimate of drug-likeness (QED) is 0.839. The summed E-state index contributed by atoms with van der Waals surface area (Å²) in [6.45, 7) is 3.16. The maximum Gasteiger partial charge on any atom is 0.0576 e. The van der Waals surface area contributed by atoms with Crippen molar-refractivity contribution in [1.82, 2.24) is 0 Å². The molecule has 0 aliphatic carbocycles. The molecule has 1 aliphatic rings. The van der Waals surface area contributed by atoms with E-state index >= 15 is 0 Å². The molecule has 1 aromatic heterocycles. The SMILES string of the molecule is CCc1ccsc1C(N)CCCC1CCCO1. The molecule has 2 nitrogen and oxygen atoms in total. The summed E-state index contributed by atoms with van der Waals surface area (Å²) in [4.78, 5) is 1.39. The lowest BCUT2D eigenvalue weighted by Gasteiger charge is -2.14. The van der Waals surface area contributed by atoms with Crippen LogP contribution in [0.3, 0.4) is 0 Å². The second kappa shape index (κ2) is 6.53. The number of aryl methyl sites for hydroxylation is 1. The van der Waals surface area contributed by atoms with E-state index in [1.165, 1.54) is 36.1 Å². The van der Waals surface area contributed by atoms with E-state index in [0.29, 0.717) is 6.10 Å². The Balaban J connectivity index is 1.74. The van der Waals surface area contributed by atoms with Gasteiger partial charge in [-0.25, -0.2) is 0 Å². The van der Waals surface area contributed by atoms with Gasteiger partial charge in [-0.15, -0.1) is 11.3 Å². The summed E-state index contributed by atoms with van der Waals surface area (Å²) >= 11 is 1.81. The van der Waals surface area contributed by atoms with E-state index in [1.807, 2.05) is 11.3 Å². The zero-order chi connectivity index (χ0) is 12.1. The first kappa shape index (κ1) is 13.1. The van der Waals surface area contributed by atoms with Gasteiger partial charge in [0.05, 0.1) is 6.10 Å². The molecule has 2 heterocycles. The molecule has 2 rings (SSSR count). The molecule has 0 spiro atoms. The van der Waals surface area contributed by atoms with Gasteiger partial charge in [-0.2, -0.15) is 0 Å². The summed E-state index contributed by atoms with van der Waals surface area (Å²) in [7, 11) is 0. The van der Waals surface area contributed by atoms with Crippen LogP contribution in [-0.2, 0) is 11.2 Å². The van der Waals surface area contributed by atoms with Gasteiger partial charge in [0.2, 0.25) is 0 Å². The van der Waals surface area contributed by atoms with Crippen molar-refractivity contribution >= 4 is 11.3 Å². The smallest absolute Gasteiger partial charge is 0.0576 e. The van der Waals surface area contributed by atoms with Crippen molar-refractivity contribution in [3.8, 4) is 0 Å². The maximum absolute atomic E-state index is 6.27. The van der Waals surface area contributed by atoms with E-state index in [2.05, 4.69) is 18.4 Å². The van der Waals surface area contributed by atoms with E-state index in [9.17, 15) is 0 Å². The van der Waals surface area contributed by atoms with E-state index in [1.54, 1.807) is 0 Å². The molecule has 1 saturated heterocycles. The fraction of sp³-hybridized carbons (Fsp3) is 0.714. The van der Waals surface area contributed by atoms with Gasteiger partial charge in [0.1, 0.15) is 0 Å². The highest BCUT2D eigenvalue weighted by Crippen LogP contribution is 2.28. The molecule has 3 heteroatoms. The molecule has 96 valence electrons. The number of hydrogen-bond acceptors (Lipinski definition) is 3. The van der Waals surface area contributed by atoms with Crippen molar-refractivity contribution in [2.24, 2.45) is 5.73 Å². The first-order valence-corrected chi connectivity index (χ1v) is 7.62. The lowest BCUT2D eigenvalue weighted by atomic mass is 10.0. The highest BCUT2D eigenvalue weighted by molar-refractivity contribution is 7.10. The summed E-state index contributed by atoms with van der Waals surface area (Å²) < 4.78 is 5.63. The van der Waals surface area contributed by atoms with Crippen molar-refractivity contribution in [3.05, 3.63) is 21.9 Å². The molecule has 0 saturated carbocycles. The number of thiophene rings is 1. The van der Waals surface area contributed by atoms with Gasteiger partial charge in [-0.05, 0) is 55.5 Å². The van der Waals surface area contributed by atoms with Crippen molar-refractivity contribution in [1.29, 1.82) is 0 Å². The molecule has 2 unspecified atom stereocenters. The molecule has 1 aromatic rings. The molecular weight excluding hydrogens is 230 g/mol. The van der Waals surface area contributed by atoms with Gasteiger partial charge >= 0.3 is 0 Å². The van der Waals surface area contributed by atoms with E-state index < -0.39 is 0 Å². The fourth-order valence-electron chi connectivity index (χ4n) is 2.53. The van der Waals surface area contributed by atoms with Gasteiger partial charge in [0.25, 0.3) is 0 Å². The highest BCUT2D eigenvalue weighted by Gasteiger charge is 2.16. The standard InChI is InChI=1S/C14H23NOS/c1-2-11-8-10-17-14(11)13(15)7-3-5-12-6-4-9-16-12/h8,10,12-13H,2-7,9,15H2,1H3. The Labute approximate surface area is 108 Å². The zero-order valence-corrected chi connectivity index (χ0v) is 11.5. The van der Waals surface area contributed by atoms with Crippen LogP contribution in [0.1, 0.15) is 55.5 Å². The largest absolute Gasteiger partial charge is 0.378 e. The second-order valence-electron chi connectivity index (χ2n) is 4.84. The Morgan fingerprint density at radius 2 is 2.47 bits per heavy atom. The molecule has 0 bridgehead atoms. The van der Waals surface area contributed by atoms with Gasteiger partial charge in [-0.1, -0.05) is 6.92 Å². The first-order valence-electron chi connectivity index (χ1n) is 6.74. The average molecular weight is 253 g/mol. The van der Waals surface area contributed by atoms with Crippen molar-refractivity contribution in [2.75, 3.05) is 6.61 Å². The van der Waals surface area contributed by atoms with Crippen LogP contribution in [0.15, 0.2) is 11.4 Å². The molecule has 1 fully saturated rings. The van der Waals surface area contributed by atoms with Gasteiger partial charge in [0, 0.05) is 17.5 Å².